The number of anilines is 1. The zero-order valence-electron chi connectivity index (χ0n) is 10.3. The molecule has 1 heterocycles. The largest absolute Gasteiger partial charge is 0.323 e. The molecule has 102 valence electrons. The average Bonchev–Trinajstić information content (AvgIpc) is 2.82. The molecule has 0 radical (unpaired) electrons. The van der Waals surface area contributed by atoms with Crippen molar-refractivity contribution >= 4 is 27.0 Å². The highest BCUT2D eigenvalue weighted by atomic mass is 32.2. The number of rotatable bonds is 5. The van der Waals surface area contributed by atoms with Crippen molar-refractivity contribution in [2.24, 2.45) is 5.84 Å². The predicted molar refractivity (Wildman–Crippen MR) is 75.1 cm³/mol. The number of nitrogens with two attached hydrogens (primary N) is 1. The van der Waals surface area contributed by atoms with E-state index < -0.39 is 10.0 Å². The number of nitrogens with one attached hydrogen (secondary N) is 2. The lowest BCUT2D eigenvalue weighted by atomic mass is 10.3. The summed E-state index contributed by atoms with van der Waals surface area (Å²) < 4.78 is 26.8. The van der Waals surface area contributed by atoms with E-state index in [1.165, 1.54) is 17.4 Å². The number of hydrazine groups is 1. The summed E-state index contributed by atoms with van der Waals surface area (Å²) in [6.07, 6.45) is 0. The Morgan fingerprint density at radius 1 is 1.37 bits per heavy atom. The fourth-order valence-corrected chi connectivity index (χ4v) is 3.34. The summed E-state index contributed by atoms with van der Waals surface area (Å²) >= 11 is 1.48. The second-order valence-electron chi connectivity index (χ2n) is 3.82. The Hall–Kier alpha value is -1.48. The number of benzene rings is 1. The standard InChI is InChI=1S/C11H14N4O2S2/c1-8-14-9(7-18-8)6-13-19(16,17)11-5-3-2-4-10(11)15-12/h2-5,7,13,15H,6,12H2,1H3. The molecule has 0 saturated heterocycles. The molecule has 0 saturated carbocycles. The molecule has 6 nitrogen and oxygen atoms in total. The molecule has 0 unspecified atom stereocenters. The topological polar surface area (TPSA) is 97.1 Å². The van der Waals surface area contributed by atoms with Crippen LogP contribution in [0.25, 0.3) is 0 Å². The van der Waals surface area contributed by atoms with Crippen molar-refractivity contribution < 1.29 is 8.42 Å². The minimum atomic E-state index is -3.62. The maximum absolute atomic E-state index is 12.2. The fourth-order valence-electron chi connectivity index (χ4n) is 1.56. The van der Waals surface area contributed by atoms with Crippen molar-refractivity contribution in [1.82, 2.24) is 9.71 Å². The summed E-state index contributed by atoms with van der Waals surface area (Å²) in [5.41, 5.74) is 3.42. The van der Waals surface area contributed by atoms with Gasteiger partial charge in [-0.15, -0.1) is 11.3 Å². The van der Waals surface area contributed by atoms with Gasteiger partial charge in [0, 0.05) is 5.38 Å². The van der Waals surface area contributed by atoms with Crippen LogP contribution >= 0.6 is 11.3 Å². The second-order valence-corrected chi connectivity index (χ2v) is 6.62. The van der Waals surface area contributed by atoms with Crippen LogP contribution in [0.15, 0.2) is 34.5 Å². The van der Waals surface area contributed by atoms with Crippen LogP contribution in [0, 0.1) is 6.92 Å². The van der Waals surface area contributed by atoms with E-state index in [1.807, 2.05) is 12.3 Å². The summed E-state index contributed by atoms with van der Waals surface area (Å²) in [5.74, 6) is 5.31. The second kappa shape index (κ2) is 5.66. The van der Waals surface area contributed by atoms with Gasteiger partial charge in [0.05, 0.1) is 22.9 Å². The predicted octanol–water partition coefficient (Wildman–Crippen LogP) is 1.22. The SMILES string of the molecule is Cc1nc(CNS(=O)(=O)c2ccccc2NN)cs1. The molecule has 0 spiro atoms. The van der Waals surface area contributed by atoms with E-state index in [0.717, 1.165) is 5.01 Å². The average molecular weight is 298 g/mol. The molecule has 8 heteroatoms. The van der Waals surface area contributed by atoms with Gasteiger partial charge < -0.3 is 5.43 Å². The number of thiazole rings is 1. The van der Waals surface area contributed by atoms with Gasteiger partial charge in [0.15, 0.2) is 0 Å². The molecule has 0 aliphatic rings. The lowest BCUT2D eigenvalue weighted by Gasteiger charge is -2.10. The molecule has 0 amide bonds. The van der Waals surface area contributed by atoms with Gasteiger partial charge in [0.25, 0.3) is 0 Å². The molecule has 0 aliphatic heterocycles. The zero-order valence-corrected chi connectivity index (χ0v) is 11.9. The van der Waals surface area contributed by atoms with Gasteiger partial charge in [0.1, 0.15) is 4.90 Å². The van der Waals surface area contributed by atoms with E-state index in [4.69, 9.17) is 5.84 Å². The zero-order chi connectivity index (χ0) is 13.9. The third kappa shape index (κ3) is 3.29. The van der Waals surface area contributed by atoms with Gasteiger partial charge in [0.2, 0.25) is 10.0 Å². The Morgan fingerprint density at radius 2 is 2.11 bits per heavy atom. The van der Waals surface area contributed by atoms with Crippen molar-refractivity contribution in [2.45, 2.75) is 18.4 Å². The number of nitrogen functional groups attached to an aromatic ring is 1. The summed E-state index contributed by atoms with van der Waals surface area (Å²) in [4.78, 5) is 4.32. The highest BCUT2D eigenvalue weighted by Gasteiger charge is 2.17. The van der Waals surface area contributed by atoms with Crippen LogP contribution in [0.2, 0.25) is 0 Å². The van der Waals surface area contributed by atoms with Crippen molar-refractivity contribution in [2.75, 3.05) is 5.43 Å². The number of hydrogen-bond acceptors (Lipinski definition) is 6. The first-order chi connectivity index (χ1) is 9.03. The Morgan fingerprint density at radius 3 is 2.74 bits per heavy atom. The highest BCUT2D eigenvalue weighted by molar-refractivity contribution is 7.89. The maximum atomic E-state index is 12.2. The van der Waals surface area contributed by atoms with Crippen molar-refractivity contribution in [1.29, 1.82) is 0 Å². The molecule has 19 heavy (non-hydrogen) atoms. The minimum Gasteiger partial charge on any atom is -0.323 e. The molecular weight excluding hydrogens is 284 g/mol. The smallest absolute Gasteiger partial charge is 0.243 e. The van der Waals surface area contributed by atoms with Crippen LogP contribution < -0.4 is 16.0 Å². The van der Waals surface area contributed by atoms with Crippen LogP contribution in [0.4, 0.5) is 5.69 Å². The van der Waals surface area contributed by atoms with Crippen LogP contribution in [0.5, 0.6) is 0 Å². The number of aryl methyl sites for hydroxylation is 1. The summed E-state index contributed by atoms with van der Waals surface area (Å²) in [6, 6.07) is 6.44. The van der Waals surface area contributed by atoms with Crippen molar-refractivity contribution in [3.63, 3.8) is 0 Å². The number of aromatic nitrogens is 1. The molecule has 2 aromatic rings. The van der Waals surface area contributed by atoms with Crippen LogP contribution in [0.1, 0.15) is 10.7 Å². The summed E-state index contributed by atoms with van der Waals surface area (Å²) in [5, 5.41) is 2.73. The number of hydrogen-bond donors (Lipinski definition) is 3. The number of nitrogens with zero attached hydrogens (tertiary/aromatic N) is 1. The monoisotopic (exact) mass is 298 g/mol. The lowest BCUT2D eigenvalue weighted by Crippen LogP contribution is -2.25. The van der Waals surface area contributed by atoms with Gasteiger partial charge in [-0.3, -0.25) is 5.84 Å². The van der Waals surface area contributed by atoms with Crippen LogP contribution in [0.3, 0.4) is 0 Å². The molecule has 4 N–H and O–H groups in total. The van der Waals surface area contributed by atoms with Gasteiger partial charge in [-0.1, -0.05) is 12.1 Å². The van der Waals surface area contributed by atoms with Crippen molar-refractivity contribution in [3.05, 3.63) is 40.3 Å². The van der Waals surface area contributed by atoms with E-state index in [-0.39, 0.29) is 11.4 Å². The first-order valence-corrected chi connectivity index (χ1v) is 7.85. The van der Waals surface area contributed by atoms with E-state index >= 15 is 0 Å². The van der Waals surface area contributed by atoms with E-state index in [0.29, 0.717) is 11.4 Å². The van der Waals surface area contributed by atoms with Crippen LogP contribution in [-0.4, -0.2) is 13.4 Å². The molecular formula is C11H14N4O2S2. The van der Waals surface area contributed by atoms with Gasteiger partial charge >= 0.3 is 0 Å². The summed E-state index contributed by atoms with van der Waals surface area (Å²) in [6.45, 7) is 2.03. The minimum absolute atomic E-state index is 0.115. The lowest BCUT2D eigenvalue weighted by molar-refractivity contribution is 0.581. The number of sulfonamides is 1. The third-order valence-electron chi connectivity index (χ3n) is 2.44. The fraction of sp³-hybridized carbons (Fsp3) is 0.182. The third-order valence-corrected chi connectivity index (χ3v) is 4.72. The molecule has 0 bridgehead atoms. The summed E-state index contributed by atoms with van der Waals surface area (Å²) in [7, 11) is -3.62. The molecule has 1 aromatic carbocycles. The van der Waals surface area contributed by atoms with E-state index in [2.05, 4.69) is 15.1 Å². The molecule has 1 aromatic heterocycles. The normalized spacial score (nSPS) is 11.5. The van der Waals surface area contributed by atoms with E-state index in [9.17, 15) is 8.42 Å². The Bertz CT molecular complexity index is 667. The van der Waals surface area contributed by atoms with Gasteiger partial charge in [-0.25, -0.2) is 18.1 Å². The maximum Gasteiger partial charge on any atom is 0.243 e. The molecule has 0 atom stereocenters. The quantitative estimate of drug-likeness (QED) is 0.569. The molecule has 0 fully saturated rings. The van der Waals surface area contributed by atoms with Gasteiger partial charge in [-0.2, -0.15) is 0 Å². The first-order valence-electron chi connectivity index (χ1n) is 5.49. The first kappa shape index (κ1) is 13.9. The van der Waals surface area contributed by atoms with E-state index in [1.54, 1.807) is 18.2 Å². The Balaban J connectivity index is 2.18. The molecule has 0 aliphatic carbocycles. The Labute approximate surface area is 115 Å². The molecule has 2 rings (SSSR count). The van der Waals surface area contributed by atoms with Crippen molar-refractivity contribution in [3.8, 4) is 0 Å². The number of para-hydroxylation sites is 1. The highest BCUT2D eigenvalue weighted by Crippen LogP contribution is 2.19. The van der Waals surface area contributed by atoms with Gasteiger partial charge in [-0.05, 0) is 19.1 Å². The Kier molecular flexibility index (Phi) is 4.15. The van der Waals surface area contributed by atoms with Crippen LogP contribution in [-0.2, 0) is 16.6 Å².